The topological polar surface area (TPSA) is 18.1 Å². The Morgan fingerprint density at radius 3 is 2.32 bits per heavy atom. The Morgan fingerprint density at radius 2 is 1.64 bits per heavy atom. The maximum atomic E-state index is 5.50. The molecule has 1 aromatic carbocycles. The van der Waals surface area contributed by atoms with Gasteiger partial charge in [-0.2, -0.15) is 0 Å². The predicted octanol–water partition coefficient (Wildman–Crippen LogP) is 0.701. The first kappa shape index (κ1) is 15.8. The molecule has 1 aromatic rings. The number of hydrogen-bond donors (Lipinski definition) is 2. The van der Waals surface area contributed by atoms with E-state index in [1.54, 1.807) is 12.0 Å². The molecule has 2 saturated heterocycles. The van der Waals surface area contributed by atoms with Crippen molar-refractivity contribution in [1.82, 2.24) is 0 Å². The van der Waals surface area contributed by atoms with E-state index in [-0.39, 0.29) is 0 Å². The van der Waals surface area contributed by atoms with Gasteiger partial charge in [-0.05, 0) is 37.8 Å². The molecule has 2 fully saturated rings. The van der Waals surface area contributed by atoms with Crippen molar-refractivity contribution in [2.45, 2.75) is 51.1 Å². The molecule has 2 N–H and O–H groups in total. The number of hydrogen-bond acceptors (Lipinski definition) is 1. The highest BCUT2D eigenvalue weighted by Gasteiger charge is 2.30. The maximum Gasteiger partial charge on any atom is 0.127 e. The van der Waals surface area contributed by atoms with Crippen molar-refractivity contribution >= 4 is 0 Å². The number of rotatable bonds is 4. The molecule has 122 valence electrons. The minimum absolute atomic E-state index is 0.930. The highest BCUT2D eigenvalue weighted by molar-refractivity contribution is 5.32. The van der Waals surface area contributed by atoms with Gasteiger partial charge in [-0.25, -0.2) is 0 Å². The summed E-state index contributed by atoms with van der Waals surface area (Å²) in [6.45, 7) is 6.61. The zero-order valence-electron chi connectivity index (χ0n) is 14.1. The third kappa shape index (κ3) is 4.02. The summed E-state index contributed by atoms with van der Waals surface area (Å²) >= 11 is 0. The maximum absolute atomic E-state index is 5.50. The van der Waals surface area contributed by atoms with Crippen LogP contribution in [0, 0.1) is 0 Å². The molecule has 22 heavy (non-hydrogen) atoms. The molecular weight excluding hydrogens is 272 g/mol. The van der Waals surface area contributed by atoms with Gasteiger partial charge in [0.15, 0.2) is 0 Å². The minimum Gasteiger partial charge on any atom is -0.496 e. The fourth-order valence-corrected chi connectivity index (χ4v) is 4.32. The first-order chi connectivity index (χ1) is 10.9. The molecule has 3 nitrogen and oxygen atoms in total. The smallest absolute Gasteiger partial charge is 0.127 e. The summed E-state index contributed by atoms with van der Waals surface area (Å²) in [6, 6.07) is 9.43. The number of benzene rings is 1. The average molecular weight is 304 g/mol. The summed E-state index contributed by atoms with van der Waals surface area (Å²) in [5, 5.41) is 0. The Bertz CT molecular complexity index is 447. The molecule has 2 aliphatic heterocycles. The van der Waals surface area contributed by atoms with Crippen LogP contribution in [0.5, 0.6) is 5.75 Å². The van der Waals surface area contributed by atoms with Crippen LogP contribution in [0.1, 0.15) is 44.1 Å². The van der Waals surface area contributed by atoms with E-state index in [1.807, 2.05) is 4.90 Å². The van der Waals surface area contributed by atoms with Gasteiger partial charge in [0.25, 0.3) is 0 Å². The predicted molar refractivity (Wildman–Crippen MR) is 89.6 cm³/mol. The first-order valence-electron chi connectivity index (χ1n) is 9.17. The second-order valence-electron chi connectivity index (χ2n) is 7.09. The second-order valence-corrected chi connectivity index (χ2v) is 7.09. The highest BCUT2D eigenvalue weighted by atomic mass is 16.5. The molecule has 0 atom stereocenters. The molecule has 0 radical (unpaired) electrons. The van der Waals surface area contributed by atoms with Gasteiger partial charge in [0, 0.05) is 18.4 Å². The Hall–Kier alpha value is -1.06. The third-order valence-electron chi connectivity index (χ3n) is 5.65. The first-order valence-corrected chi connectivity index (χ1v) is 9.17. The van der Waals surface area contributed by atoms with Crippen LogP contribution in [-0.2, 0) is 6.54 Å². The molecule has 0 bridgehead atoms. The summed E-state index contributed by atoms with van der Waals surface area (Å²) in [6.07, 6.45) is 8.62. The monoisotopic (exact) mass is 304 g/mol. The van der Waals surface area contributed by atoms with Gasteiger partial charge in [-0.15, -0.1) is 0 Å². The van der Waals surface area contributed by atoms with E-state index in [0.717, 1.165) is 18.3 Å². The van der Waals surface area contributed by atoms with E-state index in [2.05, 4.69) is 24.3 Å². The fourth-order valence-electron chi connectivity index (χ4n) is 4.32. The van der Waals surface area contributed by atoms with Crippen LogP contribution in [-0.4, -0.2) is 39.3 Å². The van der Waals surface area contributed by atoms with Crippen molar-refractivity contribution in [2.24, 2.45) is 0 Å². The summed E-state index contributed by atoms with van der Waals surface area (Å²) in [5.41, 5.74) is 1.36. The lowest BCUT2D eigenvalue weighted by Crippen LogP contribution is -3.20. The zero-order chi connectivity index (χ0) is 15.2. The van der Waals surface area contributed by atoms with Crippen LogP contribution in [0.25, 0.3) is 0 Å². The van der Waals surface area contributed by atoms with Crippen LogP contribution in [0.3, 0.4) is 0 Å². The highest BCUT2D eigenvalue weighted by Crippen LogP contribution is 2.16. The lowest BCUT2D eigenvalue weighted by molar-refractivity contribution is -0.963. The molecule has 0 amide bonds. The van der Waals surface area contributed by atoms with Crippen LogP contribution in [0.2, 0.25) is 0 Å². The summed E-state index contributed by atoms with van der Waals surface area (Å²) in [4.78, 5) is 3.64. The number of piperidine rings is 1. The van der Waals surface area contributed by atoms with Gasteiger partial charge in [0.05, 0.1) is 39.3 Å². The van der Waals surface area contributed by atoms with Crippen LogP contribution in [0.4, 0.5) is 0 Å². The van der Waals surface area contributed by atoms with Crippen LogP contribution in [0.15, 0.2) is 24.3 Å². The Labute approximate surface area is 135 Å². The van der Waals surface area contributed by atoms with Crippen LogP contribution < -0.4 is 14.5 Å². The van der Waals surface area contributed by atoms with Gasteiger partial charge >= 0.3 is 0 Å². The molecule has 0 unspecified atom stereocenters. The summed E-state index contributed by atoms with van der Waals surface area (Å²) in [7, 11) is 1.78. The van der Waals surface area contributed by atoms with Gasteiger partial charge in [-0.1, -0.05) is 12.1 Å². The van der Waals surface area contributed by atoms with Crippen LogP contribution >= 0.6 is 0 Å². The molecule has 0 aliphatic carbocycles. The minimum atomic E-state index is 0.930. The molecule has 2 aliphatic rings. The van der Waals surface area contributed by atoms with Gasteiger partial charge < -0.3 is 14.5 Å². The van der Waals surface area contributed by atoms with Crippen molar-refractivity contribution in [3.8, 4) is 5.75 Å². The van der Waals surface area contributed by atoms with Crippen molar-refractivity contribution in [2.75, 3.05) is 33.3 Å². The Kier molecular flexibility index (Phi) is 5.74. The molecule has 3 rings (SSSR count). The zero-order valence-corrected chi connectivity index (χ0v) is 14.1. The third-order valence-corrected chi connectivity index (χ3v) is 5.65. The van der Waals surface area contributed by atoms with Crippen molar-refractivity contribution in [3.05, 3.63) is 29.8 Å². The summed E-state index contributed by atoms with van der Waals surface area (Å²) < 4.78 is 5.50. The average Bonchev–Trinajstić information content (AvgIpc) is 2.85. The van der Waals surface area contributed by atoms with E-state index in [1.165, 1.54) is 70.3 Å². The number of methoxy groups -OCH3 is 1. The van der Waals surface area contributed by atoms with E-state index in [4.69, 9.17) is 4.74 Å². The molecular formula is C19H32N2O+2. The second kappa shape index (κ2) is 7.98. The SMILES string of the molecule is COc1ccccc1C[NH+]1CCC([NH+]2CCCCCC2)CC1. The number of nitrogens with one attached hydrogen (secondary N) is 2. The lowest BCUT2D eigenvalue weighted by atomic mass is 10.0. The van der Waals surface area contributed by atoms with Crippen molar-refractivity contribution < 1.29 is 14.5 Å². The Balaban J connectivity index is 1.51. The van der Waals surface area contributed by atoms with Crippen molar-refractivity contribution in [1.29, 1.82) is 0 Å². The number of ether oxygens (including phenoxy) is 1. The normalized spacial score (nSPS) is 27.3. The number of likely N-dealkylation sites (tertiary alicyclic amines) is 2. The van der Waals surface area contributed by atoms with E-state index < -0.39 is 0 Å². The molecule has 0 saturated carbocycles. The standard InChI is InChI=1S/C19H30N2O/c1-22-19-9-5-4-8-17(19)16-20-14-10-18(11-15-20)21-12-6-2-3-7-13-21/h4-5,8-9,18H,2-3,6-7,10-16H2,1H3/p+2. The molecule has 0 spiro atoms. The number of quaternary nitrogens is 2. The van der Waals surface area contributed by atoms with E-state index in [9.17, 15) is 0 Å². The molecule has 0 aromatic heterocycles. The number of para-hydroxylation sites is 1. The van der Waals surface area contributed by atoms with Gasteiger partial charge in [-0.3, -0.25) is 0 Å². The van der Waals surface area contributed by atoms with Gasteiger partial charge in [0.2, 0.25) is 0 Å². The summed E-state index contributed by atoms with van der Waals surface area (Å²) in [5.74, 6) is 1.05. The lowest BCUT2D eigenvalue weighted by Gasteiger charge is -2.34. The molecule has 2 heterocycles. The van der Waals surface area contributed by atoms with Gasteiger partial charge in [0.1, 0.15) is 12.3 Å². The van der Waals surface area contributed by atoms with E-state index >= 15 is 0 Å². The Morgan fingerprint density at radius 1 is 0.955 bits per heavy atom. The molecule has 3 heteroatoms. The quantitative estimate of drug-likeness (QED) is 0.838. The fraction of sp³-hybridized carbons (Fsp3) is 0.684. The largest absolute Gasteiger partial charge is 0.496 e. The van der Waals surface area contributed by atoms with E-state index in [0.29, 0.717) is 0 Å². The van der Waals surface area contributed by atoms with Crippen molar-refractivity contribution in [3.63, 3.8) is 0 Å².